The van der Waals surface area contributed by atoms with E-state index in [0.717, 1.165) is 45.2 Å². The summed E-state index contributed by atoms with van der Waals surface area (Å²) >= 11 is 0. The number of rotatable bonds is 2. The van der Waals surface area contributed by atoms with Crippen LogP contribution >= 0.6 is 0 Å². The Bertz CT molecular complexity index is 866. The highest BCUT2D eigenvalue weighted by Crippen LogP contribution is 2.45. The van der Waals surface area contributed by atoms with Crippen LogP contribution in [0.5, 0.6) is 0 Å². The number of sulfone groups is 1. The summed E-state index contributed by atoms with van der Waals surface area (Å²) < 4.78 is 64.5. The van der Waals surface area contributed by atoms with Crippen molar-refractivity contribution in [3.05, 3.63) is 17.5 Å². The molecule has 9 heteroatoms. The zero-order chi connectivity index (χ0) is 21.2. The van der Waals surface area contributed by atoms with E-state index in [1.54, 1.807) is 4.68 Å². The Hall–Kier alpha value is -1.09. The Morgan fingerprint density at radius 3 is 2.24 bits per heavy atom. The molecule has 0 amide bonds. The van der Waals surface area contributed by atoms with Crippen molar-refractivity contribution in [1.82, 2.24) is 14.7 Å². The molecule has 3 fully saturated rings. The van der Waals surface area contributed by atoms with Gasteiger partial charge in [0.2, 0.25) is 0 Å². The van der Waals surface area contributed by atoms with Gasteiger partial charge in [0, 0.05) is 29.6 Å². The van der Waals surface area contributed by atoms with Crippen LogP contribution in [-0.4, -0.2) is 53.7 Å². The van der Waals surface area contributed by atoms with Crippen molar-refractivity contribution in [2.75, 3.05) is 24.6 Å². The molecule has 0 aromatic carbocycles. The van der Waals surface area contributed by atoms with Crippen LogP contribution in [0.15, 0.2) is 6.07 Å². The minimum absolute atomic E-state index is 0.0395. The summed E-state index contributed by atoms with van der Waals surface area (Å²) in [5.41, 5.74) is -0.669. The fourth-order valence-electron chi connectivity index (χ4n) is 5.51. The monoisotopic (exact) mass is 433 g/mol. The summed E-state index contributed by atoms with van der Waals surface area (Å²) in [5.74, 6) is 0.711. The van der Waals surface area contributed by atoms with E-state index >= 15 is 0 Å². The van der Waals surface area contributed by atoms with Gasteiger partial charge in [0.05, 0.1) is 17.0 Å². The van der Waals surface area contributed by atoms with Gasteiger partial charge in [-0.15, -0.1) is 0 Å². The van der Waals surface area contributed by atoms with E-state index in [1.807, 2.05) is 20.8 Å². The van der Waals surface area contributed by atoms with Crippen molar-refractivity contribution in [2.24, 2.45) is 5.41 Å². The number of likely N-dealkylation sites (tertiary alicyclic amines) is 1. The van der Waals surface area contributed by atoms with Crippen LogP contribution in [0.25, 0.3) is 0 Å². The predicted molar refractivity (Wildman–Crippen MR) is 104 cm³/mol. The fourth-order valence-corrected chi connectivity index (χ4v) is 7.76. The van der Waals surface area contributed by atoms with E-state index in [-0.39, 0.29) is 11.3 Å². The molecule has 1 aromatic heterocycles. The van der Waals surface area contributed by atoms with Gasteiger partial charge in [0.25, 0.3) is 0 Å². The molecule has 1 spiro atoms. The van der Waals surface area contributed by atoms with Gasteiger partial charge < -0.3 is 0 Å². The third-order valence-corrected chi connectivity index (χ3v) is 8.92. The molecule has 0 atom stereocenters. The molecule has 0 radical (unpaired) electrons. The summed E-state index contributed by atoms with van der Waals surface area (Å²) in [6.07, 6.45) is 0.0543. The van der Waals surface area contributed by atoms with E-state index in [0.29, 0.717) is 23.2 Å². The summed E-state index contributed by atoms with van der Waals surface area (Å²) in [6.45, 7) is 7.42. The number of halogens is 3. The second kappa shape index (κ2) is 6.70. The molecule has 0 bridgehead atoms. The highest BCUT2D eigenvalue weighted by Gasteiger charge is 2.53. The Morgan fingerprint density at radius 1 is 1.10 bits per heavy atom. The number of aromatic nitrogens is 2. The van der Waals surface area contributed by atoms with Gasteiger partial charge in [0.1, 0.15) is 0 Å². The molecular weight excluding hydrogens is 403 g/mol. The van der Waals surface area contributed by atoms with Crippen LogP contribution < -0.4 is 0 Å². The summed E-state index contributed by atoms with van der Waals surface area (Å²) in [6, 6.07) is 1.64. The maximum atomic E-state index is 13.2. The van der Waals surface area contributed by atoms with Crippen LogP contribution in [0, 0.1) is 5.41 Å². The second-order valence-corrected chi connectivity index (χ2v) is 12.4. The molecule has 2 saturated heterocycles. The lowest BCUT2D eigenvalue weighted by Gasteiger charge is -2.40. The number of hydrogen-bond acceptors (Lipinski definition) is 4. The molecule has 3 aliphatic rings. The number of hydrogen-bond donors (Lipinski definition) is 0. The first-order valence-corrected chi connectivity index (χ1v) is 12.2. The zero-order valence-corrected chi connectivity index (χ0v) is 18.1. The van der Waals surface area contributed by atoms with Crippen molar-refractivity contribution in [2.45, 2.75) is 76.6 Å². The maximum Gasteiger partial charge on any atom is 0.435 e. The smallest absolute Gasteiger partial charge is 0.300 e. The van der Waals surface area contributed by atoms with Gasteiger partial charge >= 0.3 is 6.18 Å². The Morgan fingerprint density at radius 2 is 1.72 bits per heavy atom. The van der Waals surface area contributed by atoms with Gasteiger partial charge in [-0.1, -0.05) is 0 Å². The van der Waals surface area contributed by atoms with Crippen molar-refractivity contribution in [3.63, 3.8) is 0 Å². The Labute approximate surface area is 170 Å². The topological polar surface area (TPSA) is 55.2 Å². The van der Waals surface area contributed by atoms with Crippen LogP contribution in [0.4, 0.5) is 13.2 Å². The van der Waals surface area contributed by atoms with Gasteiger partial charge in [-0.25, -0.2) is 8.42 Å². The molecule has 29 heavy (non-hydrogen) atoms. The number of nitrogens with zero attached hydrogens (tertiary/aromatic N) is 3. The van der Waals surface area contributed by atoms with Crippen LogP contribution in [0.3, 0.4) is 0 Å². The average molecular weight is 434 g/mol. The third-order valence-electron chi connectivity index (χ3n) is 6.81. The molecular formula is C20H30F3N3O2S. The summed E-state index contributed by atoms with van der Waals surface area (Å²) in [7, 11) is -2.83. The van der Waals surface area contributed by atoms with Gasteiger partial charge in [0.15, 0.2) is 15.5 Å². The standard InChI is InChI=1S/C20H30F3N3O2S/c1-18(2,3)26-16(10-17(24-26)20(21,22)23)14-4-6-15(7-5-14)25-9-8-19(11-25)12-29(27,28)13-19/h10,14-15H,4-9,11-13H2,1-3H3/t14-,15-. The highest BCUT2D eigenvalue weighted by atomic mass is 32.2. The lowest BCUT2D eigenvalue weighted by molar-refractivity contribution is -0.141. The van der Waals surface area contributed by atoms with Gasteiger partial charge in [-0.3, -0.25) is 9.58 Å². The molecule has 2 aliphatic heterocycles. The van der Waals surface area contributed by atoms with Crippen molar-refractivity contribution >= 4 is 9.84 Å². The minimum Gasteiger partial charge on any atom is -0.300 e. The largest absolute Gasteiger partial charge is 0.435 e. The molecule has 0 unspecified atom stereocenters. The second-order valence-electron chi connectivity index (χ2n) is 10.3. The molecule has 4 rings (SSSR count). The van der Waals surface area contributed by atoms with E-state index in [1.165, 1.54) is 6.07 Å². The van der Waals surface area contributed by atoms with Crippen molar-refractivity contribution < 1.29 is 21.6 Å². The van der Waals surface area contributed by atoms with Crippen LogP contribution in [0.1, 0.15) is 70.2 Å². The molecule has 1 aliphatic carbocycles. The number of alkyl halides is 3. The normalized spacial score (nSPS) is 29.9. The highest BCUT2D eigenvalue weighted by molar-refractivity contribution is 7.92. The van der Waals surface area contributed by atoms with E-state index < -0.39 is 27.2 Å². The molecule has 5 nitrogen and oxygen atoms in total. The van der Waals surface area contributed by atoms with Gasteiger partial charge in [-0.2, -0.15) is 18.3 Å². The van der Waals surface area contributed by atoms with E-state index in [9.17, 15) is 21.6 Å². The SMILES string of the molecule is CC(C)(C)n1nc(C(F)(F)F)cc1[C@H]1CC[C@H](N2CCC3(C2)CS(=O)(=O)C3)CC1. The molecule has 1 saturated carbocycles. The predicted octanol–water partition coefficient (Wildman–Crippen LogP) is 3.80. The first-order valence-electron chi connectivity index (χ1n) is 10.4. The van der Waals surface area contributed by atoms with Crippen LogP contribution in [-0.2, 0) is 21.6 Å². The summed E-state index contributed by atoms with van der Waals surface area (Å²) in [4.78, 5) is 2.42. The zero-order valence-electron chi connectivity index (χ0n) is 17.3. The maximum absolute atomic E-state index is 13.2. The first kappa shape index (κ1) is 21.2. The third kappa shape index (κ3) is 4.09. The fraction of sp³-hybridized carbons (Fsp3) is 0.850. The van der Waals surface area contributed by atoms with Crippen LogP contribution in [0.2, 0.25) is 0 Å². The first-order chi connectivity index (χ1) is 13.3. The average Bonchev–Trinajstić information content (AvgIpc) is 3.18. The van der Waals surface area contributed by atoms with Gasteiger partial charge in [-0.05, 0) is 65.5 Å². The molecule has 0 N–H and O–H groups in total. The lowest BCUT2D eigenvalue weighted by Crippen LogP contribution is -2.51. The van der Waals surface area contributed by atoms with Crippen molar-refractivity contribution in [3.8, 4) is 0 Å². The minimum atomic E-state index is -4.44. The molecule has 3 heterocycles. The lowest BCUT2D eigenvalue weighted by atomic mass is 9.82. The molecule has 1 aromatic rings. The van der Waals surface area contributed by atoms with E-state index in [2.05, 4.69) is 10.00 Å². The Kier molecular flexibility index (Phi) is 4.89. The molecule has 164 valence electrons. The Balaban J connectivity index is 1.43. The quantitative estimate of drug-likeness (QED) is 0.712. The van der Waals surface area contributed by atoms with E-state index in [4.69, 9.17) is 0 Å². The van der Waals surface area contributed by atoms with Crippen molar-refractivity contribution in [1.29, 1.82) is 0 Å². The summed E-state index contributed by atoms with van der Waals surface area (Å²) in [5, 5.41) is 3.90.